The van der Waals surface area contributed by atoms with Crippen molar-refractivity contribution in [2.24, 2.45) is 0 Å². The summed E-state index contributed by atoms with van der Waals surface area (Å²) < 4.78 is 24.5. The van der Waals surface area contributed by atoms with Crippen LogP contribution in [0.4, 0.5) is 4.39 Å². The summed E-state index contributed by atoms with van der Waals surface area (Å²) >= 11 is 0. The van der Waals surface area contributed by atoms with Crippen molar-refractivity contribution < 1.29 is 13.9 Å². The summed E-state index contributed by atoms with van der Waals surface area (Å²) in [5.41, 5.74) is 0.685. The Morgan fingerprint density at radius 2 is 2.00 bits per heavy atom. The summed E-state index contributed by atoms with van der Waals surface area (Å²) in [5.74, 6) is 0.377. The van der Waals surface area contributed by atoms with Crippen LogP contribution in [0, 0.1) is 5.82 Å². The first-order valence-electron chi connectivity index (χ1n) is 7.33. The van der Waals surface area contributed by atoms with Gasteiger partial charge in [0.05, 0.1) is 6.61 Å². The molecule has 4 heteroatoms. The summed E-state index contributed by atoms with van der Waals surface area (Å²) in [6, 6.07) is 5.12. The Morgan fingerprint density at radius 3 is 2.65 bits per heavy atom. The first-order chi connectivity index (χ1) is 9.69. The number of unbranched alkanes of at least 4 members (excludes halogenated alkanes) is 1. The number of ether oxygens (including phenoxy) is 2. The van der Waals surface area contributed by atoms with Crippen LogP contribution < -0.4 is 10.1 Å². The molecule has 1 rings (SSSR count). The SMILES string of the molecule is CCCNC(C)c1ccc(OCCCCOC)cc1F. The molecule has 0 saturated heterocycles. The molecule has 20 heavy (non-hydrogen) atoms. The number of hydrogen-bond acceptors (Lipinski definition) is 3. The third kappa shape index (κ3) is 5.88. The van der Waals surface area contributed by atoms with E-state index in [1.165, 1.54) is 6.07 Å². The molecule has 0 radical (unpaired) electrons. The zero-order valence-corrected chi connectivity index (χ0v) is 12.7. The van der Waals surface area contributed by atoms with E-state index in [0.717, 1.165) is 32.4 Å². The van der Waals surface area contributed by atoms with Crippen LogP contribution >= 0.6 is 0 Å². The van der Waals surface area contributed by atoms with E-state index in [4.69, 9.17) is 9.47 Å². The third-order valence-electron chi connectivity index (χ3n) is 3.15. The predicted molar refractivity (Wildman–Crippen MR) is 79.7 cm³/mol. The van der Waals surface area contributed by atoms with Crippen molar-refractivity contribution in [1.82, 2.24) is 5.32 Å². The minimum atomic E-state index is -0.213. The lowest BCUT2D eigenvalue weighted by atomic mass is 10.1. The van der Waals surface area contributed by atoms with E-state index in [0.29, 0.717) is 17.9 Å². The molecule has 114 valence electrons. The van der Waals surface area contributed by atoms with Crippen molar-refractivity contribution >= 4 is 0 Å². The van der Waals surface area contributed by atoms with E-state index in [9.17, 15) is 4.39 Å². The maximum atomic E-state index is 14.0. The maximum Gasteiger partial charge on any atom is 0.131 e. The Bertz CT molecular complexity index is 385. The van der Waals surface area contributed by atoms with Crippen LogP contribution in [0.25, 0.3) is 0 Å². The third-order valence-corrected chi connectivity index (χ3v) is 3.15. The molecule has 1 aromatic rings. The van der Waals surface area contributed by atoms with Gasteiger partial charge in [-0.05, 0) is 38.8 Å². The van der Waals surface area contributed by atoms with Crippen LogP contribution in [0.15, 0.2) is 18.2 Å². The molecule has 0 fully saturated rings. The van der Waals surface area contributed by atoms with Gasteiger partial charge in [0.25, 0.3) is 0 Å². The van der Waals surface area contributed by atoms with Crippen molar-refractivity contribution in [1.29, 1.82) is 0 Å². The molecule has 0 saturated carbocycles. The minimum Gasteiger partial charge on any atom is -0.493 e. The number of hydrogen-bond donors (Lipinski definition) is 1. The minimum absolute atomic E-state index is 0.0192. The molecular weight excluding hydrogens is 257 g/mol. The van der Waals surface area contributed by atoms with E-state index in [2.05, 4.69) is 12.2 Å². The number of nitrogens with one attached hydrogen (secondary N) is 1. The van der Waals surface area contributed by atoms with Gasteiger partial charge in [0, 0.05) is 31.4 Å². The lowest BCUT2D eigenvalue weighted by molar-refractivity contribution is 0.184. The van der Waals surface area contributed by atoms with E-state index in [1.807, 2.05) is 13.0 Å². The van der Waals surface area contributed by atoms with Gasteiger partial charge in [-0.2, -0.15) is 0 Å². The van der Waals surface area contributed by atoms with Crippen LogP contribution in [0.3, 0.4) is 0 Å². The van der Waals surface area contributed by atoms with Gasteiger partial charge in [-0.25, -0.2) is 4.39 Å². The van der Waals surface area contributed by atoms with Gasteiger partial charge in [-0.1, -0.05) is 13.0 Å². The molecule has 0 heterocycles. The number of halogens is 1. The Morgan fingerprint density at radius 1 is 1.25 bits per heavy atom. The molecule has 0 bridgehead atoms. The van der Waals surface area contributed by atoms with E-state index in [-0.39, 0.29) is 11.9 Å². The van der Waals surface area contributed by atoms with Crippen molar-refractivity contribution in [2.45, 2.75) is 39.2 Å². The molecule has 1 atom stereocenters. The summed E-state index contributed by atoms with van der Waals surface area (Å²) in [7, 11) is 1.68. The molecule has 1 unspecified atom stereocenters. The summed E-state index contributed by atoms with van der Waals surface area (Å²) in [5, 5.41) is 3.28. The van der Waals surface area contributed by atoms with Crippen molar-refractivity contribution in [3.05, 3.63) is 29.6 Å². The van der Waals surface area contributed by atoms with Crippen LogP contribution in [0.2, 0.25) is 0 Å². The highest BCUT2D eigenvalue weighted by Crippen LogP contribution is 2.22. The van der Waals surface area contributed by atoms with E-state index in [1.54, 1.807) is 13.2 Å². The normalized spacial score (nSPS) is 12.4. The van der Waals surface area contributed by atoms with Crippen molar-refractivity contribution in [3.8, 4) is 5.75 Å². The van der Waals surface area contributed by atoms with Gasteiger partial charge in [-0.15, -0.1) is 0 Å². The number of benzene rings is 1. The molecule has 0 spiro atoms. The standard InChI is InChI=1S/C16H26FNO2/c1-4-9-18-13(2)15-8-7-14(12-16(15)17)20-11-6-5-10-19-3/h7-8,12-13,18H,4-6,9-11H2,1-3H3. The maximum absolute atomic E-state index is 14.0. The Labute approximate surface area is 121 Å². The van der Waals surface area contributed by atoms with Crippen LogP contribution in [-0.2, 0) is 4.74 Å². The second-order valence-corrected chi connectivity index (χ2v) is 4.91. The average molecular weight is 283 g/mol. The van der Waals surface area contributed by atoms with Gasteiger partial charge in [0.2, 0.25) is 0 Å². The summed E-state index contributed by atoms with van der Waals surface area (Å²) in [6.07, 6.45) is 2.90. The van der Waals surface area contributed by atoms with E-state index >= 15 is 0 Å². The van der Waals surface area contributed by atoms with Crippen LogP contribution in [-0.4, -0.2) is 26.9 Å². The second-order valence-electron chi connectivity index (χ2n) is 4.91. The molecule has 1 N–H and O–H groups in total. The highest BCUT2D eigenvalue weighted by atomic mass is 19.1. The largest absolute Gasteiger partial charge is 0.493 e. The molecule has 0 aromatic heterocycles. The fourth-order valence-electron chi connectivity index (χ4n) is 1.96. The van der Waals surface area contributed by atoms with Crippen molar-refractivity contribution in [2.75, 3.05) is 26.9 Å². The predicted octanol–water partition coefficient (Wildman–Crippen LogP) is 3.69. The fourth-order valence-corrected chi connectivity index (χ4v) is 1.96. The van der Waals surface area contributed by atoms with Gasteiger partial charge < -0.3 is 14.8 Å². The first-order valence-corrected chi connectivity index (χ1v) is 7.33. The van der Waals surface area contributed by atoms with Crippen molar-refractivity contribution in [3.63, 3.8) is 0 Å². The monoisotopic (exact) mass is 283 g/mol. The number of methoxy groups -OCH3 is 1. The lowest BCUT2D eigenvalue weighted by Crippen LogP contribution is -2.20. The zero-order valence-electron chi connectivity index (χ0n) is 12.7. The topological polar surface area (TPSA) is 30.5 Å². The zero-order chi connectivity index (χ0) is 14.8. The lowest BCUT2D eigenvalue weighted by Gasteiger charge is -2.15. The molecule has 3 nitrogen and oxygen atoms in total. The van der Waals surface area contributed by atoms with E-state index < -0.39 is 0 Å². The molecule has 0 aliphatic carbocycles. The Hall–Kier alpha value is -1.13. The molecule has 1 aromatic carbocycles. The molecule has 0 aliphatic heterocycles. The summed E-state index contributed by atoms with van der Waals surface area (Å²) in [6.45, 7) is 6.28. The van der Waals surface area contributed by atoms with Gasteiger partial charge >= 0.3 is 0 Å². The Balaban J connectivity index is 2.46. The quantitative estimate of drug-likeness (QED) is 0.664. The average Bonchev–Trinajstić information content (AvgIpc) is 2.44. The van der Waals surface area contributed by atoms with Gasteiger partial charge in [0.1, 0.15) is 11.6 Å². The second kappa shape index (κ2) is 9.72. The molecular formula is C16H26FNO2. The van der Waals surface area contributed by atoms with Crippen LogP contribution in [0.1, 0.15) is 44.7 Å². The smallest absolute Gasteiger partial charge is 0.131 e. The highest BCUT2D eigenvalue weighted by molar-refractivity contribution is 5.30. The van der Waals surface area contributed by atoms with Gasteiger partial charge in [-0.3, -0.25) is 0 Å². The number of rotatable bonds is 10. The van der Waals surface area contributed by atoms with Gasteiger partial charge in [0.15, 0.2) is 0 Å². The molecule has 0 aliphatic rings. The summed E-state index contributed by atoms with van der Waals surface area (Å²) in [4.78, 5) is 0. The fraction of sp³-hybridized carbons (Fsp3) is 0.625. The first kappa shape index (κ1) is 16.9. The molecule has 0 amide bonds. The van der Waals surface area contributed by atoms with Crippen LogP contribution in [0.5, 0.6) is 5.75 Å². The highest BCUT2D eigenvalue weighted by Gasteiger charge is 2.11. The Kier molecular flexibility index (Phi) is 8.23.